The highest BCUT2D eigenvalue weighted by molar-refractivity contribution is 6.28. The van der Waals surface area contributed by atoms with E-state index < -0.39 is 11.5 Å². The number of carbonyl (C=O) groups excluding carboxylic acids is 2. The Morgan fingerprint density at radius 2 is 1.81 bits per heavy atom. The maximum atomic E-state index is 12.6. The fourth-order valence-corrected chi connectivity index (χ4v) is 8.14. The van der Waals surface area contributed by atoms with Gasteiger partial charge < -0.3 is 9.47 Å². The van der Waals surface area contributed by atoms with Crippen molar-refractivity contribution in [3.05, 3.63) is 30.3 Å². The first-order valence-electron chi connectivity index (χ1n) is 12.4. The van der Waals surface area contributed by atoms with E-state index in [1.54, 1.807) is 12.1 Å². The molecule has 4 aliphatic rings. The molecule has 174 valence electrons. The zero-order chi connectivity index (χ0) is 22.5. The van der Waals surface area contributed by atoms with E-state index in [9.17, 15) is 9.59 Å². The summed E-state index contributed by atoms with van der Waals surface area (Å²) in [6, 6.07) is 9.13. The number of hydrogen-bond acceptors (Lipinski definition) is 4. The number of fused-ring (bicyclic) bond motifs is 5. The van der Waals surface area contributed by atoms with Crippen molar-refractivity contribution < 1.29 is 19.1 Å². The van der Waals surface area contributed by atoms with Gasteiger partial charge in [0.05, 0.1) is 0 Å². The first kappa shape index (κ1) is 22.3. The molecule has 4 nitrogen and oxygen atoms in total. The minimum Gasteiger partial charge on any atom is -0.463 e. The van der Waals surface area contributed by atoms with Gasteiger partial charge >= 0.3 is 5.97 Å². The lowest BCUT2D eigenvalue weighted by Gasteiger charge is -2.60. The van der Waals surface area contributed by atoms with E-state index in [2.05, 4.69) is 13.8 Å². The van der Waals surface area contributed by atoms with Crippen molar-refractivity contribution in [2.75, 3.05) is 0 Å². The van der Waals surface area contributed by atoms with Crippen LogP contribution in [0.1, 0.15) is 71.6 Å². The van der Waals surface area contributed by atoms with E-state index in [0.717, 1.165) is 38.5 Å². The molecular weight excluding hydrogens is 424 g/mol. The molecule has 1 unspecified atom stereocenters. The molecule has 5 heteroatoms. The van der Waals surface area contributed by atoms with Crippen LogP contribution in [0.4, 0.5) is 0 Å². The Morgan fingerprint density at radius 1 is 1.03 bits per heavy atom. The Morgan fingerprint density at radius 3 is 2.59 bits per heavy atom. The van der Waals surface area contributed by atoms with Crippen molar-refractivity contribution >= 4 is 23.4 Å². The molecule has 0 aromatic heterocycles. The van der Waals surface area contributed by atoms with Crippen molar-refractivity contribution in [1.29, 1.82) is 0 Å². The number of benzene rings is 1. The molecule has 0 heterocycles. The van der Waals surface area contributed by atoms with Crippen LogP contribution in [0.2, 0.25) is 0 Å². The molecule has 4 aliphatic carbocycles. The predicted molar refractivity (Wildman–Crippen MR) is 123 cm³/mol. The Labute approximate surface area is 196 Å². The van der Waals surface area contributed by atoms with Crippen LogP contribution in [0.15, 0.2) is 30.3 Å². The number of ketones is 1. The summed E-state index contributed by atoms with van der Waals surface area (Å²) < 4.78 is 11.4. The summed E-state index contributed by atoms with van der Waals surface area (Å²) in [4.78, 5) is 25.2. The maximum Gasteiger partial charge on any atom is 0.363 e. The third-order valence-corrected chi connectivity index (χ3v) is 10.0. The van der Waals surface area contributed by atoms with Gasteiger partial charge in [-0.25, -0.2) is 4.79 Å². The fraction of sp³-hybridized carbons (Fsp3) is 0.704. The molecule has 32 heavy (non-hydrogen) atoms. The molecule has 4 fully saturated rings. The Kier molecular flexibility index (Phi) is 5.80. The molecule has 1 aromatic rings. The average Bonchev–Trinajstić information content (AvgIpc) is 3.09. The first-order chi connectivity index (χ1) is 15.3. The number of para-hydroxylation sites is 1. The smallest absolute Gasteiger partial charge is 0.363 e. The molecule has 1 aromatic carbocycles. The molecule has 0 radical (unpaired) electrons. The molecule has 0 spiro atoms. The van der Waals surface area contributed by atoms with Crippen molar-refractivity contribution in [3.63, 3.8) is 0 Å². The second kappa shape index (κ2) is 8.34. The lowest BCUT2D eigenvalue weighted by molar-refractivity contribution is -0.165. The normalized spacial score (nSPS) is 41.7. The minimum absolute atomic E-state index is 0.0643. The molecule has 0 amide bonds. The quantitative estimate of drug-likeness (QED) is 0.401. The summed E-state index contributed by atoms with van der Waals surface area (Å²) in [5, 5.41) is 0. The summed E-state index contributed by atoms with van der Waals surface area (Å²) in [5.41, 5.74) is -0.900. The van der Waals surface area contributed by atoms with Gasteiger partial charge in [-0.1, -0.05) is 43.6 Å². The number of carbonyl (C=O) groups is 2. The van der Waals surface area contributed by atoms with Gasteiger partial charge in [-0.2, -0.15) is 0 Å². The number of halogens is 1. The van der Waals surface area contributed by atoms with Crippen molar-refractivity contribution in [2.45, 2.75) is 83.3 Å². The molecular formula is C27H35ClO4. The van der Waals surface area contributed by atoms with E-state index in [-0.39, 0.29) is 11.5 Å². The molecule has 0 bridgehead atoms. The zero-order valence-corrected chi connectivity index (χ0v) is 20.0. The third kappa shape index (κ3) is 3.67. The van der Waals surface area contributed by atoms with Gasteiger partial charge in [0, 0.05) is 11.8 Å². The highest BCUT2D eigenvalue weighted by atomic mass is 35.5. The van der Waals surface area contributed by atoms with Crippen LogP contribution >= 0.6 is 11.6 Å². The molecule has 0 aliphatic heterocycles. The topological polar surface area (TPSA) is 52.6 Å². The van der Waals surface area contributed by atoms with Gasteiger partial charge in [0.25, 0.3) is 5.56 Å². The zero-order valence-electron chi connectivity index (χ0n) is 19.2. The van der Waals surface area contributed by atoms with E-state index in [1.165, 1.54) is 19.3 Å². The minimum atomic E-state index is -1.13. The molecule has 5 rings (SSSR count). The van der Waals surface area contributed by atoms with Gasteiger partial charge in [-0.3, -0.25) is 4.79 Å². The van der Waals surface area contributed by atoms with E-state index in [1.807, 2.05) is 18.2 Å². The van der Waals surface area contributed by atoms with Crippen LogP contribution in [0, 0.1) is 34.5 Å². The number of alkyl halides is 1. The summed E-state index contributed by atoms with van der Waals surface area (Å²) in [5.74, 6) is 3.12. The molecule has 8 atom stereocenters. The van der Waals surface area contributed by atoms with E-state index in [0.29, 0.717) is 40.6 Å². The monoisotopic (exact) mass is 458 g/mol. The number of hydrogen-bond donors (Lipinski definition) is 0. The fourth-order valence-electron chi connectivity index (χ4n) is 7.98. The predicted octanol–water partition coefficient (Wildman–Crippen LogP) is 6.15. The summed E-state index contributed by atoms with van der Waals surface area (Å²) in [7, 11) is 0. The van der Waals surface area contributed by atoms with Crippen LogP contribution in [0.5, 0.6) is 5.75 Å². The van der Waals surface area contributed by atoms with Crippen LogP contribution in [-0.2, 0) is 14.3 Å². The number of ether oxygens (including phenoxy) is 2. The Balaban J connectivity index is 1.21. The largest absolute Gasteiger partial charge is 0.463 e. The van der Waals surface area contributed by atoms with E-state index in [4.69, 9.17) is 21.1 Å². The Bertz CT molecular complexity index is 872. The van der Waals surface area contributed by atoms with Crippen molar-refractivity contribution in [2.24, 2.45) is 34.5 Å². The summed E-state index contributed by atoms with van der Waals surface area (Å²) in [6.45, 7) is 4.73. The van der Waals surface area contributed by atoms with Crippen LogP contribution in [0.25, 0.3) is 0 Å². The second-order valence-electron chi connectivity index (χ2n) is 11.2. The Hall–Kier alpha value is -1.55. The summed E-state index contributed by atoms with van der Waals surface area (Å²) >= 11 is 6.19. The number of rotatable bonds is 4. The lowest BCUT2D eigenvalue weighted by atomic mass is 9.45. The highest BCUT2D eigenvalue weighted by Crippen LogP contribution is 2.65. The molecule has 0 saturated heterocycles. The SMILES string of the molecule is C[C@]12CC[C@H](OC(=O)C(Cl)Oc3ccccc3)C[C@@H]1CC[C@@H]1[C@@H]2CC[C@]2(C)C(=O)CC[C@@H]12. The van der Waals surface area contributed by atoms with Gasteiger partial charge in [-0.05, 0) is 92.6 Å². The standard InChI is InChI=1S/C27H35ClO4/c1-26-14-12-19(32-25(30)24(28)31-18-6-4-3-5-7-18)16-17(26)8-9-20-21-10-11-23(29)27(21,2)15-13-22(20)26/h3-7,17,19-22,24H,8-16H2,1-2H3/t17-,19-,20-,21-,22-,24?,26-,27-/m0/s1. The maximum absolute atomic E-state index is 12.6. The average molecular weight is 459 g/mol. The van der Waals surface area contributed by atoms with E-state index >= 15 is 0 Å². The molecule has 0 N–H and O–H groups in total. The van der Waals surface area contributed by atoms with Crippen LogP contribution < -0.4 is 4.74 Å². The molecule has 4 saturated carbocycles. The first-order valence-corrected chi connectivity index (χ1v) is 12.8. The number of esters is 1. The van der Waals surface area contributed by atoms with Gasteiger partial charge in [0.2, 0.25) is 0 Å². The second-order valence-corrected chi connectivity index (χ2v) is 11.6. The summed E-state index contributed by atoms with van der Waals surface area (Å²) in [6.07, 6.45) is 9.31. The third-order valence-electron chi connectivity index (χ3n) is 9.78. The van der Waals surface area contributed by atoms with Crippen LogP contribution in [0.3, 0.4) is 0 Å². The van der Waals surface area contributed by atoms with Gasteiger partial charge in [0.1, 0.15) is 17.6 Å². The van der Waals surface area contributed by atoms with Gasteiger partial charge in [0.15, 0.2) is 0 Å². The highest BCUT2D eigenvalue weighted by Gasteiger charge is 2.60. The van der Waals surface area contributed by atoms with Gasteiger partial charge in [-0.15, -0.1) is 0 Å². The van der Waals surface area contributed by atoms with Crippen LogP contribution in [-0.4, -0.2) is 23.4 Å². The number of Topliss-reactive ketones (excluding diaryl/α,β-unsaturated/α-hetero) is 1. The van der Waals surface area contributed by atoms with Crippen molar-refractivity contribution in [3.8, 4) is 5.75 Å². The lowest BCUT2D eigenvalue weighted by Crippen LogP contribution is -2.54. The van der Waals surface area contributed by atoms with Crippen molar-refractivity contribution in [1.82, 2.24) is 0 Å².